The molecule has 0 aliphatic carbocycles. The van der Waals surface area contributed by atoms with Crippen molar-refractivity contribution in [2.75, 3.05) is 9.80 Å². The van der Waals surface area contributed by atoms with Crippen molar-refractivity contribution in [3.8, 4) is 0 Å². The fourth-order valence-electron chi connectivity index (χ4n) is 3.02. The fraction of sp³-hybridized carbons (Fsp3) is 0.0476. The molecule has 0 atom stereocenters. The zero-order valence-corrected chi connectivity index (χ0v) is 18.4. The maximum Gasteiger partial charge on any atom is 0.281 e. The van der Waals surface area contributed by atoms with Crippen LogP contribution in [0.15, 0.2) is 59.6 Å². The first-order valence-corrected chi connectivity index (χ1v) is 10.6. The third kappa shape index (κ3) is 4.20. The third-order valence-corrected chi connectivity index (χ3v) is 5.71. The van der Waals surface area contributed by atoms with Crippen molar-refractivity contribution >= 4 is 74.7 Å². The molecule has 10 heteroatoms. The number of amides is 2. The Morgan fingerprint density at radius 3 is 2.77 bits per heavy atom. The molecule has 1 saturated heterocycles. The molecule has 6 nitrogen and oxygen atoms in total. The van der Waals surface area contributed by atoms with Gasteiger partial charge in [-0.3, -0.25) is 14.5 Å². The number of para-hydroxylation sites is 1. The Bertz CT molecular complexity index is 1240. The molecule has 156 valence electrons. The SMILES string of the molecule is CC(=O)N(c1cccc(Cl)c1)c1nc(/C=C2\NC(=S)N(c3ccccc3F)C2=O)cs1. The fourth-order valence-corrected chi connectivity index (χ4v) is 4.34. The first-order chi connectivity index (χ1) is 14.8. The van der Waals surface area contributed by atoms with Crippen LogP contribution < -0.4 is 15.1 Å². The van der Waals surface area contributed by atoms with Gasteiger partial charge in [0, 0.05) is 17.3 Å². The lowest BCUT2D eigenvalue weighted by molar-refractivity contribution is -0.116. The van der Waals surface area contributed by atoms with Gasteiger partial charge in [0.05, 0.1) is 17.1 Å². The molecule has 1 fully saturated rings. The van der Waals surface area contributed by atoms with E-state index in [4.69, 9.17) is 23.8 Å². The zero-order chi connectivity index (χ0) is 22.1. The minimum Gasteiger partial charge on any atom is -0.327 e. The molecule has 0 bridgehead atoms. The van der Waals surface area contributed by atoms with Crippen LogP contribution in [0.3, 0.4) is 0 Å². The number of anilines is 3. The number of carbonyl (C=O) groups is 2. The van der Waals surface area contributed by atoms with Crippen LogP contribution in [0.1, 0.15) is 12.6 Å². The lowest BCUT2D eigenvalue weighted by Gasteiger charge is -2.18. The number of thiocarbonyl (C=S) groups is 1. The monoisotopic (exact) mass is 472 g/mol. The molecule has 1 aliphatic rings. The Morgan fingerprint density at radius 2 is 2.06 bits per heavy atom. The molecule has 2 amide bonds. The molecule has 0 spiro atoms. The standard InChI is InChI=1S/C21H14ClFN4O2S2/c1-12(28)26(15-6-4-5-13(22)9-15)21-24-14(11-31-21)10-17-19(29)27(20(30)25-17)18-8-3-2-7-16(18)23/h2-11H,1H3,(H,25,30)/b17-10-. The van der Waals surface area contributed by atoms with Gasteiger partial charge in [-0.2, -0.15) is 0 Å². The van der Waals surface area contributed by atoms with Crippen LogP contribution in [-0.4, -0.2) is 21.9 Å². The molecular formula is C21H14ClFN4O2S2. The summed E-state index contributed by atoms with van der Waals surface area (Å²) in [5, 5.41) is 5.48. The highest BCUT2D eigenvalue weighted by Crippen LogP contribution is 2.31. The van der Waals surface area contributed by atoms with Gasteiger partial charge in [-0.05, 0) is 48.6 Å². The van der Waals surface area contributed by atoms with E-state index in [9.17, 15) is 14.0 Å². The summed E-state index contributed by atoms with van der Waals surface area (Å²) < 4.78 is 14.1. The number of hydrogen-bond acceptors (Lipinski definition) is 5. The van der Waals surface area contributed by atoms with Crippen LogP contribution in [0, 0.1) is 5.82 Å². The first kappa shape index (κ1) is 21.1. The molecule has 0 unspecified atom stereocenters. The van der Waals surface area contributed by atoms with Gasteiger partial charge >= 0.3 is 0 Å². The van der Waals surface area contributed by atoms with Crippen LogP contribution >= 0.6 is 35.2 Å². The summed E-state index contributed by atoms with van der Waals surface area (Å²) in [4.78, 5) is 32.0. The molecule has 2 aromatic carbocycles. The van der Waals surface area contributed by atoms with Crippen LogP contribution in [0.5, 0.6) is 0 Å². The molecule has 1 aromatic heterocycles. The minimum absolute atomic E-state index is 0.0658. The van der Waals surface area contributed by atoms with Gasteiger partial charge < -0.3 is 5.32 Å². The van der Waals surface area contributed by atoms with Crippen molar-refractivity contribution in [2.24, 2.45) is 0 Å². The smallest absolute Gasteiger partial charge is 0.281 e. The van der Waals surface area contributed by atoms with Crippen LogP contribution in [0.2, 0.25) is 5.02 Å². The largest absolute Gasteiger partial charge is 0.327 e. The molecule has 4 rings (SSSR count). The van der Waals surface area contributed by atoms with Gasteiger partial charge in [0.1, 0.15) is 11.5 Å². The summed E-state index contributed by atoms with van der Waals surface area (Å²) in [7, 11) is 0. The molecule has 31 heavy (non-hydrogen) atoms. The van der Waals surface area contributed by atoms with E-state index in [0.717, 1.165) is 4.90 Å². The van der Waals surface area contributed by atoms with Crippen molar-refractivity contribution in [3.63, 3.8) is 0 Å². The van der Waals surface area contributed by atoms with Crippen molar-refractivity contribution in [3.05, 3.63) is 76.1 Å². The third-order valence-electron chi connectivity index (χ3n) is 4.35. The van der Waals surface area contributed by atoms with E-state index >= 15 is 0 Å². The second kappa shape index (κ2) is 8.54. The van der Waals surface area contributed by atoms with Gasteiger partial charge in [-0.15, -0.1) is 11.3 Å². The number of thiazole rings is 1. The number of nitrogens with one attached hydrogen (secondary N) is 1. The molecule has 3 aromatic rings. The second-order valence-corrected chi connectivity index (χ2v) is 8.13. The van der Waals surface area contributed by atoms with E-state index in [1.165, 1.54) is 47.4 Å². The van der Waals surface area contributed by atoms with Crippen molar-refractivity contribution in [1.82, 2.24) is 10.3 Å². The van der Waals surface area contributed by atoms with Crippen molar-refractivity contribution in [2.45, 2.75) is 6.92 Å². The highest BCUT2D eigenvalue weighted by molar-refractivity contribution is 7.80. The minimum atomic E-state index is -0.559. The summed E-state index contributed by atoms with van der Waals surface area (Å²) in [6.07, 6.45) is 1.51. The first-order valence-electron chi connectivity index (χ1n) is 8.98. The quantitative estimate of drug-likeness (QED) is 0.433. The van der Waals surface area contributed by atoms with Crippen LogP contribution in [0.25, 0.3) is 6.08 Å². The summed E-state index contributed by atoms with van der Waals surface area (Å²) in [6.45, 7) is 1.42. The van der Waals surface area contributed by atoms with Gasteiger partial charge in [-0.25, -0.2) is 14.3 Å². The maximum atomic E-state index is 14.1. The highest BCUT2D eigenvalue weighted by Gasteiger charge is 2.33. The molecule has 2 heterocycles. The Hall–Kier alpha value is -3.14. The van der Waals surface area contributed by atoms with Gasteiger partial charge in [0.25, 0.3) is 5.91 Å². The average Bonchev–Trinajstić information content (AvgIpc) is 3.27. The van der Waals surface area contributed by atoms with Crippen LogP contribution in [0.4, 0.5) is 20.9 Å². The molecular weight excluding hydrogens is 459 g/mol. The van der Waals surface area contributed by atoms with E-state index in [1.807, 2.05) is 0 Å². The van der Waals surface area contributed by atoms with Crippen LogP contribution in [-0.2, 0) is 9.59 Å². The van der Waals surface area contributed by atoms with E-state index in [2.05, 4.69) is 10.3 Å². The molecule has 0 radical (unpaired) electrons. The predicted molar refractivity (Wildman–Crippen MR) is 124 cm³/mol. The van der Waals surface area contributed by atoms with E-state index in [0.29, 0.717) is 21.5 Å². The van der Waals surface area contributed by atoms with E-state index < -0.39 is 11.7 Å². The zero-order valence-electron chi connectivity index (χ0n) is 16.0. The summed E-state index contributed by atoms with van der Waals surface area (Å²) in [5.74, 6) is -1.29. The van der Waals surface area contributed by atoms with Gasteiger partial charge in [-0.1, -0.05) is 29.8 Å². The van der Waals surface area contributed by atoms with Crippen molar-refractivity contribution in [1.29, 1.82) is 0 Å². The molecule has 0 saturated carbocycles. The van der Waals surface area contributed by atoms with Crippen molar-refractivity contribution < 1.29 is 14.0 Å². The Balaban J connectivity index is 1.64. The average molecular weight is 473 g/mol. The summed E-state index contributed by atoms with van der Waals surface area (Å²) >= 11 is 12.5. The Kier molecular flexibility index (Phi) is 5.81. The summed E-state index contributed by atoms with van der Waals surface area (Å²) in [5.41, 5.74) is 1.25. The lowest BCUT2D eigenvalue weighted by Crippen LogP contribution is -2.31. The number of aromatic nitrogens is 1. The predicted octanol–water partition coefficient (Wildman–Crippen LogP) is 4.88. The number of benzene rings is 2. The van der Waals surface area contributed by atoms with E-state index in [-0.39, 0.29) is 22.4 Å². The normalized spacial score (nSPS) is 14.8. The van der Waals surface area contributed by atoms with Gasteiger partial charge in [0.15, 0.2) is 10.2 Å². The molecule has 1 aliphatic heterocycles. The topological polar surface area (TPSA) is 65.5 Å². The number of nitrogens with zero attached hydrogens (tertiary/aromatic N) is 3. The maximum absolute atomic E-state index is 14.1. The van der Waals surface area contributed by atoms with E-state index in [1.54, 1.807) is 35.7 Å². The number of carbonyl (C=O) groups excluding carboxylic acids is 2. The highest BCUT2D eigenvalue weighted by atomic mass is 35.5. The van der Waals surface area contributed by atoms with Gasteiger partial charge in [0.2, 0.25) is 5.91 Å². The summed E-state index contributed by atoms with van der Waals surface area (Å²) in [6, 6.07) is 12.7. The number of rotatable bonds is 4. The Morgan fingerprint density at radius 1 is 1.29 bits per heavy atom. The number of halogens is 2. The lowest BCUT2D eigenvalue weighted by atomic mass is 10.2. The molecule has 1 N–H and O–H groups in total. The number of hydrogen-bond donors (Lipinski definition) is 1. The Labute approximate surface area is 191 Å². The second-order valence-electron chi connectivity index (χ2n) is 6.47.